The van der Waals surface area contributed by atoms with E-state index >= 15 is 0 Å². The topological polar surface area (TPSA) is 79.8 Å². The molecule has 6 nitrogen and oxygen atoms in total. The summed E-state index contributed by atoms with van der Waals surface area (Å²) < 4.78 is 5.38. The second kappa shape index (κ2) is 8.33. The fourth-order valence-corrected chi connectivity index (χ4v) is 1.79. The van der Waals surface area contributed by atoms with Crippen LogP contribution in [0.4, 0.5) is 5.69 Å². The highest BCUT2D eigenvalue weighted by atomic mass is 16.5. The molecule has 0 heterocycles. The Kier molecular flexibility index (Phi) is 5.88. The number of hydrazone groups is 1. The molecule has 0 saturated heterocycles. The van der Waals surface area contributed by atoms with Gasteiger partial charge < -0.3 is 10.1 Å². The molecule has 0 radical (unpaired) electrons. The van der Waals surface area contributed by atoms with Crippen LogP contribution in [0.1, 0.15) is 12.5 Å². The summed E-state index contributed by atoms with van der Waals surface area (Å²) in [5.74, 6) is -1.17. The first kappa shape index (κ1) is 16.2. The lowest BCUT2D eigenvalue weighted by molar-refractivity contribution is -0.136. The van der Waals surface area contributed by atoms with E-state index in [0.717, 1.165) is 5.56 Å². The lowest BCUT2D eigenvalue weighted by Gasteiger charge is -2.10. The number of benzene rings is 2. The maximum Gasteiger partial charge on any atom is 0.329 e. The summed E-state index contributed by atoms with van der Waals surface area (Å²) in [5.41, 5.74) is 3.43. The lowest BCUT2D eigenvalue weighted by atomic mass is 10.2. The number of nitrogens with zero attached hydrogens (tertiary/aromatic N) is 1. The number of amides is 2. The van der Waals surface area contributed by atoms with Gasteiger partial charge in [0.15, 0.2) is 0 Å². The van der Waals surface area contributed by atoms with Gasteiger partial charge in [-0.05, 0) is 24.6 Å². The molecule has 0 atom stereocenters. The molecule has 0 bridgehead atoms. The van der Waals surface area contributed by atoms with Crippen LogP contribution in [0.25, 0.3) is 0 Å². The molecule has 0 aliphatic heterocycles. The van der Waals surface area contributed by atoms with Crippen molar-refractivity contribution >= 4 is 23.7 Å². The second-order valence-electron chi connectivity index (χ2n) is 4.49. The highest BCUT2D eigenvalue weighted by molar-refractivity contribution is 6.39. The minimum Gasteiger partial charge on any atom is -0.492 e. The number of para-hydroxylation sites is 2. The van der Waals surface area contributed by atoms with E-state index in [2.05, 4.69) is 15.8 Å². The van der Waals surface area contributed by atoms with Crippen LogP contribution in [0, 0.1) is 0 Å². The van der Waals surface area contributed by atoms with E-state index < -0.39 is 11.8 Å². The van der Waals surface area contributed by atoms with E-state index in [1.807, 2.05) is 37.3 Å². The first-order chi connectivity index (χ1) is 11.2. The minimum atomic E-state index is -0.858. The van der Waals surface area contributed by atoms with Crippen molar-refractivity contribution in [1.29, 1.82) is 0 Å². The molecule has 0 aromatic heterocycles. The van der Waals surface area contributed by atoms with Crippen LogP contribution in [-0.2, 0) is 9.59 Å². The molecule has 2 aromatic carbocycles. The van der Waals surface area contributed by atoms with Crippen molar-refractivity contribution in [2.45, 2.75) is 6.92 Å². The van der Waals surface area contributed by atoms with Crippen LogP contribution >= 0.6 is 0 Å². The van der Waals surface area contributed by atoms with Gasteiger partial charge in [-0.1, -0.05) is 42.5 Å². The van der Waals surface area contributed by atoms with Gasteiger partial charge in [-0.15, -0.1) is 0 Å². The molecule has 0 unspecified atom stereocenters. The Morgan fingerprint density at radius 2 is 1.74 bits per heavy atom. The SMILES string of the molecule is CCOc1ccccc1NC(=O)C(=O)N/N=C/c1ccccc1. The Morgan fingerprint density at radius 3 is 2.48 bits per heavy atom. The quantitative estimate of drug-likeness (QED) is 0.504. The van der Waals surface area contributed by atoms with Gasteiger partial charge in [0.05, 0.1) is 18.5 Å². The normalized spacial score (nSPS) is 10.3. The number of ether oxygens (including phenoxy) is 1. The van der Waals surface area contributed by atoms with Gasteiger partial charge in [0.2, 0.25) is 0 Å². The molecular formula is C17H17N3O3. The van der Waals surface area contributed by atoms with Crippen molar-refractivity contribution in [2.75, 3.05) is 11.9 Å². The monoisotopic (exact) mass is 311 g/mol. The molecule has 0 aliphatic rings. The highest BCUT2D eigenvalue weighted by Crippen LogP contribution is 2.23. The van der Waals surface area contributed by atoms with Crippen LogP contribution in [0.15, 0.2) is 59.7 Å². The summed E-state index contributed by atoms with van der Waals surface area (Å²) in [6.45, 7) is 2.30. The van der Waals surface area contributed by atoms with Gasteiger partial charge in [-0.25, -0.2) is 5.43 Å². The zero-order valence-electron chi connectivity index (χ0n) is 12.7. The number of anilines is 1. The van der Waals surface area contributed by atoms with Crippen molar-refractivity contribution in [2.24, 2.45) is 5.10 Å². The molecule has 0 spiro atoms. The van der Waals surface area contributed by atoms with Gasteiger partial charge in [-0.3, -0.25) is 9.59 Å². The molecule has 0 aliphatic carbocycles. The van der Waals surface area contributed by atoms with Crippen LogP contribution in [-0.4, -0.2) is 24.6 Å². The molecule has 2 N–H and O–H groups in total. The van der Waals surface area contributed by atoms with E-state index in [-0.39, 0.29) is 0 Å². The molecule has 118 valence electrons. The average molecular weight is 311 g/mol. The average Bonchev–Trinajstić information content (AvgIpc) is 2.57. The summed E-state index contributed by atoms with van der Waals surface area (Å²) >= 11 is 0. The standard InChI is InChI=1S/C17H17N3O3/c1-2-23-15-11-7-6-10-14(15)19-16(21)17(22)20-18-12-13-8-4-3-5-9-13/h3-12H,2H2,1H3,(H,19,21)(H,20,22)/b18-12+. The molecular weight excluding hydrogens is 294 g/mol. The fraction of sp³-hybridized carbons (Fsp3) is 0.118. The van der Waals surface area contributed by atoms with Crippen molar-refractivity contribution in [3.05, 3.63) is 60.2 Å². The second-order valence-corrected chi connectivity index (χ2v) is 4.49. The first-order valence-electron chi connectivity index (χ1n) is 7.12. The van der Waals surface area contributed by atoms with Crippen molar-refractivity contribution < 1.29 is 14.3 Å². The minimum absolute atomic E-state index is 0.432. The van der Waals surface area contributed by atoms with Crippen LogP contribution < -0.4 is 15.5 Å². The summed E-state index contributed by atoms with van der Waals surface area (Å²) in [5, 5.41) is 6.24. The number of hydrogen-bond acceptors (Lipinski definition) is 4. The zero-order valence-corrected chi connectivity index (χ0v) is 12.7. The van der Waals surface area contributed by atoms with Crippen LogP contribution in [0.5, 0.6) is 5.75 Å². The van der Waals surface area contributed by atoms with Crippen molar-refractivity contribution in [1.82, 2.24) is 5.43 Å². The smallest absolute Gasteiger partial charge is 0.329 e. The van der Waals surface area contributed by atoms with E-state index in [1.54, 1.807) is 24.3 Å². The van der Waals surface area contributed by atoms with E-state index in [0.29, 0.717) is 18.0 Å². The van der Waals surface area contributed by atoms with Gasteiger partial charge in [0.1, 0.15) is 5.75 Å². The van der Waals surface area contributed by atoms with E-state index in [9.17, 15) is 9.59 Å². The Morgan fingerprint density at radius 1 is 1.04 bits per heavy atom. The van der Waals surface area contributed by atoms with E-state index in [4.69, 9.17) is 4.74 Å². The summed E-state index contributed by atoms with van der Waals surface area (Å²) in [4.78, 5) is 23.6. The third kappa shape index (κ3) is 4.96. The number of rotatable bonds is 5. The molecule has 2 aromatic rings. The molecule has 23 heavy (non-hydrogen) atoms. The summed E-state index contributed by atoms with van der Waals surface area (Å²) in [6.07, 6.45) is 1.46. The van der Waals surface area contributed by atoms with Crippen LogP contribution in [0.2, 0.25) is 0 Å². The molecule has 6 heteroatoms. The zero-order chi connectivity index (χ0) is 16.5. The molecule has 2 amide bonds. The number of nitrogens with one attached hydrogen (secondary N) is 2. The number of carbonyl (C=O) groups excluding carboxylic acids is 2. The Labute approximate surface area is 134 Å². The Hall–Kier alpha value is -3.15. The lowest BCUT2D eigenvalue weighted by Crippen LogP contribution is -2.32. The molecule has 0 fully saturated rings. The van der Waals surface area contributed by atoms with Gasteiger partial charge >= 0.3 is 11.8 Å². The Balaban J connectivity index is 1.93. The predicted octanol–water partition coefficient (Wildman–Crippen LogP) is 2.17. The fourth-order valence-electron chi connectivity index (χ4n) is 1.79. The number of hydrogen-bond donors (Lipinski definition) is 2. The van der Waals surface area contributed by atoms with Gasteiger partial charge in [0.25, 0.3) is 0 Å². The van der Waals surface area contributed by atoms with Gasteiger partial charge in [0, 0.05) is 0 Å². The molecule has 2 rings (SSSR count). The largest absolute Gasteiger partial charge is 0.492 e. The summed E-state index contributed by atoms with van der Waals surface area (Å²) in [6, 6.07) is 16.1. The highest BCUT2D eigenvalue weighted by Gasteiger charge is 2.14. The van der Waals surface area contributed by atoms with Crippen molar-refractivity contribution in [3.8, 4) is 5.75 Å². The van der Waals surface area contributed by atoms with Gasteiger partial charge in [-0.2, -0.15) is 5.10 Å². The Bertz CT molecular complexity index is 699. The summed E-state index contributed by atoms with van der Waals surface area (Å²) in [7, 11) is 0. The van der Waals surface area contributed by atoms with E-state index in [1.165, 1.54) is 6.21 Å². The first-order valence-corrected chi connectivity index (χ1v) is 7.12. The maximum atomic E-state index is 11.9. The third-order valence-corrected chi connectivity index (χ3v) is 2.82. The predicted molar refractivity (Wildman–Crippen MR) is 88.4 cm³/mol. The third-order valence-electron chi connectivity index (χ3n) is 2.82. The van der Waals surface area contributed by atoms with Crippen LogP contribution in [0.3, 0.4) is 0 Å². The number of carbonyl (C=O) groups is 2. The van der Waals surface area contributed by atoms with Crippen molar-refractivity contribution in [3.63, 3.8) is 0 Å². The maximum absolute atomic E-state index is 11.9. The molecule has 0 saturated carbocycles.